The summed E-state index contributed by atoms with van der Waals surface area (Å²) >= 11 is 0. The van der Waals surface area contributed by atoms with E-state index in [-0.39, 0.29) is 30.8 Å². The van der Waals surface area contributed by atoms with Crippen LogP contribution in [0, 0.1) is 0 Å². The van der Waals surface area contributed by atoms with Crippen molar-refractivity contribution in [2.45, 2.75) is 59.1 Å². The maximum Gasteiger partial charge on any atom is 1.00 e. The van der Waals surface area contributed by atoms with E-state index in [1.807, 2.05) is 6.92 Å². The summed E-state index contributed by atoms with van der Waals surface area (Å²) < 4.78 is 14.3. The number of hydrogen-bond donors (Lipinski definition) is 0. The molecule has 0 N–H and O–H groups in total. The molecule has 9 nitrogen and oxygen atoms in total. The third-order valence-electron chi connectivity index (χ3n) is 5.45. The van der Waals surface area contributed by atoms with Gasteiger partial charge in [-0.3, -0.25) is 14.0 Å². The quantitative estimate of drug-likeness (QED) is 0.299. The summed E-state index contributed by atoms with van der Waals surface area (Å²) in [6, 6.07) is 7.15. The fraction of sp³-hybridized carbons (Fsp3) is 0.500. The van der Waals surface area contributed by atoms with Gasteiger partial charge in [0.05, 0.1) is 18.2 Å². The Hall–Kier alpha value is -2.60. The number of nitrogens with zero attached hydrogens (tertiary/aromatic N) is 4. The standard InChI is InChI=1S/C24H32N4O5.Li/c1-5-8-18-21-22(27(4)26-18)23(29)28(20(6-2)25-21)13-14-33-17-11-9-16(10-12-17)15-19(24(30)31)32-7-3;/h9-12,19H,5-8,13-15H2,1-4H3,(H,30,31);/q;+1/p-1/t19-;/m1./s1. The number of aryl methyl sites for hydroxylation is 3. The molecular formula is C24H31LiN4O5. The van der Waals surface area contributed by atoms with Gasteiger partial charge in [0, 0.05) is 26.5 Å². The number of aliphatic carboxylic acids is 1. The summed E-state index contributed by atoms with van der Waals surface area (Å²) in [6.07, 6.45) is 1.59. The van der Waals surface area contributed by atoms with E-state index in [1.165, 1.54) is 0 Å². The molecule has 0 bridgehead atoms. The average molecular weight is 462 g/mol. The fourth-order valence-electron chi connectivity index (χ4n) is 3.87. The number of fused-ring (bicyclic) bond motifs is 1. The van der Waals surface area contributed by atoms with Gasteiger partial charge in [-0.2, -0.15) is 5.10 Å². The molecule has 0 saturated carbocycles. The van der Waals surface area contributed by atoms with Crippen LogP contribution in [-0.2, 0) is 42.4 Å². The number of aromatic nitrogens is 4. The van der Waals surface area contributed by atoms with Gasteiger partial charge in [-0.05, 0) is 31.0 Å². The van der Waals surface area contributed by atoms with E-state index in [9.17, 15) is 14.7 Å². The third-order valence-corrected chi connectivity index (χ3v) is 5.45. The van der Waals surface area contributed by atoms with Crippen LogP contribution in [-0.4, -0.2) is 44.6 Å². The zero-order chi connectivity index (χ0) is 24.0. The van der Waals surface area contributed by atoms with Gasteiger partial charge >= 0.3 is 18.9 Å². The topological polar surface area (TPSA) is 111 Å². The zero-order valence-corrected chi connectivity index (χ0v) is 20.7. The van der Waals surface area contributed by atoms with Crippen LogP contribution < -0.4 is 34.3 Å². The summed E-state index contributed by atoms with van der Waals surface area (Å²) in [7, 11) is 1.77. The SMILES string of the molecule is CCCc1nn(C)c2c(=O)n(CCOc3ccc(C[C@@H](OCC)C(=O)[O-])cc3)c(CC)nc12.[Li+]. The van der Waals surface area contributed by atoms with E-state index >= 15 is 0 Å². The summed E-state index contributed by atoms with van der Waals surface area (Å²) in [5, 5.41) is 15.6. The molecule has 0 unspecified atom stereocenters. The van der Waals surface area contributed by atoms with Crippen LogP contribution in [0.1, 0.15) is 44.3 Å². The fourth-order valence-corrected chi connectivity index (χ4v) is 3.87. The van der Waals surface area contributed by atoms with Gasteiger partial charge in [-0.15, -0.1) is 0 Å². The smallest absolute Gasteiger partial charge is 0.547 e. The molecule has 0 aliphatic carbocycles. The van der Waals surface area contributed by atoms with Gasteiger partial charge in [0.2, 0.25) is 0 Å². The molecular weight excluding hydrogens is 431 g/mol. The maximum absolute atomic E-state index is 13.2. The number of benzene rings is 1. The van der Waals surface area contributed by atoms with Crippen molar-refractivity contribution in [3.8, 4) is 5.75 Å². The molecule has 0 aliphatic heterocycles. The second-order valence-corrected chi connectivity index (χ2v) is 7.82. The molecule has 34 heavy (non-hydrogen) atoms. The molecule has 3 aromatic rings. The third kappa shape index (κ3) is 6.29. The first kappa shape index (κ1) is 27.6. The second kappa shape index (κ2) is 12.7. The van der Waals surface area contributed by atoms with Gasteiger partial charge in [0.1, 0.15) is 29.8 Å². The first-order valence-electron chi connectivity index (χ1n) is 11.4. The number of carbonyl (C=O) groups is 1. The van der Waals surface area contributed by atoms with Crippen LogP contribution in [0.15, 0.2) is 29.1 Å². The molecule has 2 aromatic heterocycles. The largest absolute Gasteiger partial charge is 1.00 e. The van der Waals surface area contributed by atoms with E-state index in [2.05, 4.69) is 12.0 Å². The van der Waals surface area contributed by atoms with Crippen LogP contribution in [0.25, 0.3) is 11.0 Å². The second-order valence-electron chi connectivity index (χ2n) is 7.82. The van der Waals surface area contributed by atoms with E-state index < -0.39 is 12.1 Å². The van der Waals surface area contributed by atoms with Crippen molar-refractivity contribution in [2.24, 2.45) is 7.05 Å². The van der Waals surface area contributed by atoms with Crippen LogP contribution in [0.3, 0.4) is 0 Å². The van der Waals surface area contributed by atoms with Gasteiger partial charge < -0.3 is 19.4 Å². The Bertz CT molecular complexity index is 1160. The molecule has 0 fully saturated rings. The summed E-state index contributed by atoms with van der Waals surface area (Å²) in [6.45, 7) is 6.75. The number of hydrogen-bond acceptors (Lipinski definition) is 7. The summed E-state index contributed by atoms with van der Waals surface area (Å²) in [5.41, 5.74) is 2.75. The molecule has 178 valence electrons. The number of carbonyl (C=O) groups excluding carboxylic acids is 1. The van der Waals surface area contributed by atoms with Crippen molar-refractivity contribution >= 4 is 17.0 Å². The van der Waals surface area contributed by atoms with Crippen LogP contribution in [0.2, 0.25) is 0 Å². The molecule has 10 heteroatoms. The summed E-state index contributed by atoms with van der Waals surface area (Å²) in [4.78, 5) is 29.1. The van der Waals surface area contributed by atoms with Crippen molar-refractivity contribution in [3.05, 3.63) is 51.7 Å². The molecule has 0 aliphatic rings. The van der Waals surface area contributed by atoms with Crippen LogP contribution >= 0.6 is 0 Å². The first-order valence-corrected chi connectivity index (χ1v) is 11.4. The monoisotopic (exact) mass is 462 g/mol. The minimum atomic E-state index is -1.23. The molecule has 0 saturated heterocycles. The molecule has 0 amide bonds. The van der Waals surface area contributed by atoms with E-state index in [4.69, 9.17) is 14.5 Å². The van der Waals surface area contributed by atoms with Crippen LogP contribution in [0.4, 0.5) is 0 Å². The van der Waals surface area contributed by atoms with Crippen molar-refractivity contribution in [2.75, 3.05) is 13.2 Å². The Morgan fingerprint density at radius 3 is 2.47 bits per heavy atom. The maximum atomic E-state index is 13.2. The Morgan fingerprint density at radius 2 is 1.88 bits per heavy atom. The Balaban J connectivity index is 0.00000408. The Morgan fingerprint density at radius 1 is 1.18 bits per heavy atom. The van der Waals surface area contributed by atoms with Crippen molar-refractivity contribution in [1.82, 2.24) is 19.3 Å². The minimum absolute atomic E-state index is 0. The minimum Gasteiger partial charge on any atom is -0.547 e. The normalized spacial score (nSPS) is 11.9. The van der Waals surface area contributed by atoms with Crippen molar-refractivity contribution in [1.29, 1.82) is 0 Å². The van der Waals surface area contributed by atoms with Crippen LogP contribution in [0.5, 0.6) is 5.75 Å². The van der Waals surface area contributed by atoms with Gasteiger partial charge in [0.15, 0.2) is 5.52 Å². The molecule has 0 radical (unpaired) electrons. The van der Waals surface area contributed by atoms with E-state index in [0.29, 0.717) is 48.8 Å². The zero-order valence-electron chi connectivity index (χ0n) is 20.7. The van der Waals surface area contributed by atoms with Gasteiger partial charge in [-0.1, -0.05) is 32.4 Å². The number of ether oxygens (including phenoxy) is 2. The van der Waals surface area contributed by atoms with Gasteiger partial charge in [-0.25, -0.2) is 4.98 Å². The molecule has 1 aromatic carbocycles. The predicted octanol–water partition coefficient (Wildman–Crippen LogP) is -1.57. The molecule has 0 spiro atoms. The Labute approximate surface area is 211 Å². The van der Waals surface area contributed by atoms with Crippen molar-refractivity contribution in [3.63, 3.8) is 0 Å². The number of carboxylic acid groups (broad SMARTS) is 1. The predicted molar refractivity (Wildman–Crippen MR) is 122 cm³/mol. The number of carboxylic acids is 1. The molecule has 1 atom stereocenters. The van der Waals surface area contributed by atoms with Crippen molar-refractivity contribution < 1.29 is 38.2 Å². The molecule has 2 heterocycles. The summed E-state index contributed by atoms with van der Waals surface area (Å²) in [5.74, 6) is 0.113. The Kier molecular flexibility index (Phi) is 10.4. The molecule has 3 rings (SSSR count). The van der Waals surface area contributed by atoms with E-state index in [0.717, 1.165) is 24.1 Å². The first-order chi connectivity index (χ1) is 15.9. The average Bonchev–Trinajstić information content (AvgIpc) is 3.11. The van der Waals surface area contributed by atoms with Gasteiger partial charge in [0.25, 0.3) is 5.56 Å². The number of rotatable bonds is 12. The van der Waals surface area contributed by atoms with E-state index in [1.54, 1.807) is 47.5 Å².